The van der Waals surface area contributed by atoms with Crippen LogP contribution in [0.1, 0.15) is 34.6 Å². The highest BCUT2D eigenvalue weighted by molar-refractivity contribution is 4.90. The van der Waals surface area contributed by atoms with Gasteiger partial charge in [-0.25, -0.2) is 0 Å². The fourth-order valence-corrected chi connectivity index (χ4v) is 2.73. The summed E-state index contributed by atoms with van der Waals surface area (Å²) < 4.78 is 0. The summed E-state index contributed by atoms with van der Waals surface area (Å²) in [6, 6.07) is 0. The number of hydrogen-bond acceptors (Lipinski definition) is 3. The first-order valence-electron chi connectivity index (χ1n) is 6.52. The monoisotopic (exact) mass is 227 g/mol. The van der Waals surface area contributed by atoms with Crippen molar-refractivity contribution in [2.75, 3.05) is 32.8 Å². The molecule has 1 fully saturated rings. The van der Waals surface area contributed by atoms with E-state index in [9.17, 15) is 0 Å². The van der Waals surface area contributed by atoms with E-state index in [0.717, 1.165) is 44.7 Å². The van der Waals surface area contributed by atoms with E-state index >= 15 is 0 Å². The molecule has 0 aliphatic carbocycles. The average molecular weight is 227 g/mol. The highest BCUT2D eigenvalue weighted by Crippen LogP contribution is 2.16. The molecule has 0 bridgehead atoms. The molecule has 1 aliphatic heterocycles. The summed E-state index contributed by atoms with van der Waals surface area (Å²) in [4.78, 5) is 4.99. The lowest BCUT2D eigenvalue weighted by atomic mass is 9.98. The summed E-state index contributed by atoms with van der Waals surface area (Å²) in [6.45, 7) is 16.7. The molecule has 0 spiro atoms. The Morgan fingerprint density at radius 1 is 1.00 bits per heavy atom. The van der Waals surface area contributed by atoms with Crippen molar-refractivity contribution in [2.45, 2.75) is 40.2 Å². The van der Waals surface area contributed by atoms with E-state index in [1.54, 1.807) is 0 Å². The molecule has 3 nitrogen and oxygen atoms in total. The normalized spacial score (nSPS) is 23.2. The molecule has 3 heteroatoms. The first kappa shape index (κ1) is 13.9. The minimum atomic E-state index is -0.0535. The molecule has 0 saturated carbocycles. The molecule has 1 heterocycles. The Bertz CT molecular complexity index is 191. The molecule has 0 atom stereocenters. The summed E-state index contributed by atoms with van der Waals surface area (Å²) in [5, 5.41) is 0. The highest BCUT2D eigenvalue weighted by Gasteiger charge is 2.31. The minimum absolute atomic E-state index is 0.0535. The molecule has 0 radical (unpaired) electrons. The van der Waals surface area contributed by atoms with Gasteiger partial charge in [0.25, 0.3) is 0 Å². The van der Waals surface area contributed by atoms with Crippen molar-refractivity contribution in [3.63, 3.8) is 0 Å². The summed E-state index contributed by atoms with van der Waals surface area (Å²) in [7, 11) is 0. The van der Waals surface area contributed by atoms with E-state index < -0.39 is 0 Å². The van der Waals surface area contributed by atoms with Crippen LogP contribution in [0.5, 0.6) is 0 Å². The van der Waals surface area contributed by atoms with E-state index in [2.05, 4.69) is 44.4 Å². The van der Waals surface area contributed by atoms with Crippen LogP contribution in [0, 0.1) is 11.8 Å². The third-order valence-corrected chi connectivity index (χ3v) is 2.82. The van der Waals surface area contributed by atoms with Gasteiger partial charge < -0.3 is 5.73 Å². The van der Waals surface area contributed by atoms with Crippen LogP contribution in [0.2, 0.25) is 0 Å². The van der Waals surface area contributed by atoms with Gasteiger partial charge in [0.1, 0.15) is 0 Å². The smallest absolute Gasteiger partial charge is 0.0507 e. The minimum Gasteiger partial charge on any atom is -0.323 e. The maximum atomic E-state index is 6.33. The summed E-state index contributed by atoms with van der Waals surface area (Å²) in [5.41, 5.74) is 6.27. The van der Waals surface area contributed by atoms with E-state index in [0.29, 0.717) is 0 Å². The molecule has 96 valence electrons. The molecule has 2 N–H and O–H groups in total. The second-order valence-electron chi connectivity index (χ2n) is 6.61. The Kier molecular flexibility index (Phi) is 4.77. The molecule has 0 aromatic carbocycles. The van der Waals surface area contributed by atoms with Crippen LogP contribution < -0.4 is 5.73 Å². The van der Waals surface area contributed by atoms with Crippen molar-refractivity contribution in [3.05, 3.63) is 0 Å². The number of nitrogens with two attached hydrogens (primary N) is 1. The van der Waals surface area contributed by atoms with Crippen molar-refractivity contribution in [1.29, 1.82) is 0 Å². The van der Waals surface area contributed by atoms with Crippen LogP contribution in [0.15, 0.2) is 0 Å². The predicted octanol–water partition coefficient (Wildman–Crippen LogP) is 1.59. The zero-order valence-corrected chi connectivity index (χ0v) is 11.7. The average Bonchev–Trinajstić information content (AvgIpc) is 1.95. The van der Waals surface area contributed by atoms with E-state index in [-0.39, 0.29) is 5.54 Å². The number of rotatable bonds is 4. The first-order chi connectivity index (χ1) is 7.28. The van der Waals surface area contributed by atoms with Gasteiger partial charge in [-0.15, -0.1) is 0 Å². The van der Waals surface area contributed by atoms with Gasteiger partial charge in [-0.05, 0) is 18.8 Å². The standard InChI is InChI=1S/C13H29N3/c1-11(2)6-15-8-13(5,14)9-16(10-15)7-12(3)4/h11-12H,6-10,14H2,1-5H3. The summed E-state index contributed by atoms with van der Waals surface area (Å²) in [5.74, 6) is 1.43. The Balaban J connectivity index is 2.55. The lowest BCUT2D eigenvalue weighted by Crippen LogP contribution is -2.63. The SMILES string of the molecule is CC(C)CN1CN(CC(C)C)CC(C)(N)C1. The van der Waals surface area contributed by atoms with Crippen LogP contribution in [0.3, 0.4) is 0 Å². The van der Waals surface area contributed by atoms with Gasteiger partial charge >= 0.3 is 0 Å². The predicted molar refractivity (Wildman–Crippen MR) is 70.3 cm³/mol. The molecule has 0 aromatic heterocycles. The Labute approximate surface area is 101 Å². The molecular formula is C13H29N3. The van der Waals surface area contributed by atoms with Crippen LogP contribution >= 0.6 is 0 Å². The molecule has 1 rings (SSSR count). The second-order valence-corrected chi connectivity index (χ2v) is 6.61. The second kappa shape index (κ2) is 5.48. The Morgan fingerprint density at radius 3 is 1.69 bits per heavy atom. The van der Waals surface area contributed by atoms with Crippen LogP contribution in [-0.4, -0.2) is 48.2 Å². The fraction of sp³-hybridized carbons (Fsp3) is 1.00. The van der Waals surface area contributed by atoms with Crippen molar-refractivity contribution in [3.8, 4) is 0 Å². The zero-order valence-electron chi connectivity index (χ0n) is 11.7. The molecule has 0 unspecified atom stereocenters. The van der Waals surface area contributed by atoms with Gasteiger partial charge in [-0.2, -0.15) is 0 Å². The zero-order chi connectivity index (χ0) is 12.3. The maximum absolute atomic E-state index is 6.33. The van der Waals surface area contributed by atoms with Gasteiger partial charge in [0.15, 0.2) is 0 Å². The van der Waals surface area contributed by atoms with Crippen LogP contribution in [-0.2, 0) is 0 Å². The third kappa shape index (κ3) is 4.81. The van der Waals surface area contributed by atoms with Crippen LogP contribution in [0.4, 0.5) is 0 Å². The van der Waals surface area contributed by atoms with Crippen molar-refractivity contribution in [2.24, 2.45) is 17.6 Å². The van der Waals surface area contributed by atoms with Gasteiger partial charge in [0.2, 0.25) is 0 Å². The van der Waals surface area contributed by atoms with E-state index in [1.165, 1.54) is 0 Å². The molecular weight excluding hydrogens is 198 g/mol. The molecule has 1 aliphatic rings. The van der Waals surface area contributed by atoms with Gasteiger partial charge in [0.05, 0.1) is 6.67 Å². The lowest BCUT2D eigenvalue weighted by Gasteiger charge is -2.45. The quantitative estimate of drug-likeness (QED) is 0.791. The highest BCUT2D eigenvalue weighted by atomic mass is 15.4. The molecule has 16 heavy (non-hydrogen) atoms. The van der Waals surface area contributed by atoms with Gasteiger partial charge in [-0.1, -0.05) is 27.7 Å². The van der Waals surface area contributed by atoms with Crippen molar-refractivity contribution >= 4 is 0 Å². The Morgan fingerprint density at radius 2 is 1.38 bits per heavy atom. The van der Waals surface area contributed by atoms with E-state index in [4.69, 9.17) is 5.73 Å². The van der Waals surface area contributed by atoms with Crippen LogP contribution in [0.25, 0.3) is 0 Å². The van der Waals surface area contributed by atoms with Gasteiger partial charge in [0, 0.05) is 31.7 Å². The van der Waals surface area contributed by atoms with E-state index in [1.807, 2.05) is 0 Å². The number of hydrogen-bond donors (Lipinski definition) is 1. The summed E-state index contributed by atoms with van der Waals surface area (Å²) in [6.07, 6.45) is 0. The van der Waals surface area contributed by atoms with Gasteiger partial charge in [-0.3, -0.25) is 9.80 Å². The summed E-state index contributed by atoms with van der Waals surface area (Å²) >= 11 is 0. The third-order valence-electron chi connectivity index (χ3n) is 2.82. The lowest BCUT2D eigenvalue weighted by molar-refractivity contribution is 0.0261. The maximum Gasteiger partial charge on any atom is 0.0507 e. The van der Waals surface area contributed by atoms with Crippen molar-refractivity contribution < 1.29 is 0 Å². The Hall–Kier alpha value is -0.120. The molecule has 0 aromatic rings. The molecule has 1 saturated heterocycles. The topological polar surface area (TPSA) is 32.5 Å². The fourth-order valence-electron chi connectivity index (χ4n) is 2.73. The number of nitrogens with zero attached hydrogens (tertiary/aromatic N) is 2. The largest absolute Gasteiger partial charge is 0.323 e. The molecule has 0 amide bonds. The first-order valence-corrected chi connectivity index (χ1v) is 6.52. The van der Waals surface area contributed by atoms with Crippen molar-refractivity contribution in [1.82, 2.24) is 9.80 Å².